The van der Waals surface area contributed by atoms with Gasteiger partial charge in [-0.3, -0.25) is 9.78 Å². The summed E-state index contributed by atoms with van der Waals surface area (Å²) in [5.74, 6) is -0.316. The number of amides is 1. The average Bonchev–Trinajstić information content (AvgIpc) is 2.84. The largest absolute Gasteiger partial charge is 0.283 e. The first-order chi connectivity index (χ1) is 10.6. The van der Waals surface area contributed by atoms with Gasteiger partial charge in [-0.15, -0.1) is 11.3 Å². The molecule has 0 saturated carbocycles. The number of carbonyl (C=O) groups excluding carboxylic acids is 1. The number of nitrogens with one attached hydrogen (secondary N) is 1. The Hall–Kier alpha value is -2.24. The summed E-state index contributed by atoms with van der Waals surface area (Å²) < 4.78 is 0.992. The van der Waals surface area contributed by atoms with Crippen molar-refractivity contribution in [3.8, 4) is 0 Å². The molecule has 0 aliphatic carbocycles. The molecule has 0 unspecified atom stereocenters. The molecule has 0 fully saturated rings. The maximum atomic E-state index is 12.2. The summed E-state index contributed by atoms with van der Waals surface area (Å²) in [7, 11) is 0. The summed E-state index contributed by atoms with van der Waals surface area (Å²) in [6.07, 6.45) is 4.87. The van der Waals surface area contributed by atoms with Crippen LogP contribution in [0.4, 0.5) is 0 Å². The van der Waals surface area contributed by atoms with E-state index in [-0.39, 0.29) is 5.91 Å². The third-order valence-electron chi connectivity index (χ3n) is 3.06. The SMILES string of the molecule is Cc1ccc2c(Cl)c(C(=O)NN=Cc3cccnc3)sc2c1. The molecule has 0 spiro atoms. The van der Waals surface area contributed by atoms with Crippen LogP contribution in [0.2, 0.25) is 5.02 Å². The normalized spacial score (nSPS) is 11.2. The lowest BCUT2D eigenvalue weighted by atomic mass is 10.2. The first kappa shape index (κ1) is 14.7. The molecule has 4 nitrogen and oxygen atoms in total. The molecule has 0 aliphatic rings. The lowest BCUT2D eigenvalue weighted by Gasteiger charge is -1.97. The zero-order valence-corrected chi connectivity index (χ0v) is 13.3. The first-order valence-corrected chi connectivity index (χ1v) is 7.76. The number of carbonyl (C=O) groups is 1. The lowest BCUT2D eigenvalue weighted by Crippen LogP contribution is -2.16. The van der Waals surface area contributed by atoms with Crippen LogP contribution in [0.3, 0.4) is 0 Å². The molecule has 1 N–H and O–H groups in total. The monoisotopic (exact) mass is 329 g/mol. The Kier molecular flexibility index (Phi) is 4.18. The van der Waals surface area contributed by atoms with Crippen molar-refractivity contribution in [3.63, 3.8) is 0 Å². The van der Waals surface area contributed by atoms with E-state index in [4.69, 9.17) is 11.6 Å². The topological polar surface area (TPSA) is 54.4 Å². The minimum atomic E-state index is -0.316. The predicted octanol–water partition coefficient (Wildman–Crippen LogP) is 4.02. The number of nitrogens with zero attached hydrogens (tertiary/aromatic N) is 2. The van der Waals surface area contributed by atoms with E-state index >= 15 is 0 Å². The van der Waals surface area contributed by atoms with Gasteiger partial charge in [0.2, 0.25) is 0 Å². The second-order valence-electron chi connectivity index (χ2n) is 4.73. The first-order valence-electron chi connectivity index (χ1n) is 6.57. The van der Waals surface area contributed by atoms with Gasteiger partial charge in [0.05, 0.1) is 11.2 Å². The van der Waals surface area contributed by atoms with E-state index < -0.39 is 0 Å². The van der Waals surface area contributed by atoms with Crippen LogP contribution in [0.25, 0.3) is 10.1 Å². The van der Waals surface area contributed by atoms with Crippen molar-refractivity contribution in [1.82, 2.24) is 10.4 Å². The summed E-state index contributed by atoms with van der Waals surface area (Å²) in [6, 6.07) is 9.57. The van der Waals surface area contributed by atoms with Gasteiger partial charge in [0, 0.05) is 28.0 Å². The Balaban J connectivity index is 1.80. The number of pyridine rings is 1. The molecule has 1 aromatic carbocycles. The summed E-state index contributed by atoms with van der Waals surface area (Å²) in [5, 5.41) is 5.28. The van der Waals surface area contributed by atoms with Crippen molar-refractivity contribution in [3.05, 3.63) is 63.8 Å². The number of benzene rings is 1. The van der Waals surface area contributed by atoms with Gasteiger partial charge >= 0.3 is 0 Å². The molecule has 110 valence electrons. The molecular formula is C16H12ClN3OS. The van der Waals surface area contributed by atoms with Gasteiger partial charge in [0.1, 0.15) is 4.88 Å². The smallest absolute Gasteiger partial charge is 0.266 e. The summed E-state index contributed by atoms with van der Waals surface area (Å²) in [4.78, 5) is 16.6. The van der Waals surface area contributed by atoms with Gasteiger partial charge in [-0.25, -0.2) is 5.43 Å². The fourth-order valence-electron chi connectivity index (χ4n) is 1.99. The third kappa shape index (κ3) is 3.00. The highest BCUT2D eigenvalue weighted by atomic mass is 35.5. The Morgan fingerprint density at radius 2 is 2.27 bits per heavy atom. The fourth-order valence-corrected chi connectivity index (χ4v) is 3.49. The number of thiophene rings is 1. The second kappa shape index (κ2) is 6.25. The lowest BCUT2D eigenvalue weighted by molar-refractivity contribution is 0.0959. The van der Waals surface area contributed by atoms with Crippen LogP contribution in [0.5, 0.6) is 0 Å². The number of hydrogen-bond donors (Lipinski definition) is 1. The zero-order valence-electron chi connectivity index (χ0n) is 11.7. The van der Waals surface area contributed by atoms with E-state index in [1.807, 2.05) is 31.2 Å². The van der Waals surface area contributed by atoms with Crippen LogP contribution < -0.4 is 5.43 Å². The number of aromatic nitrogens is 1. The Labute approximate surface area is 136 Å². The maximum Gasteiger partial charge on any atom is 0.283 e. The van der Waals surface area contributed by atoms with Crippen LogP contribution in [0, 0.1) is 6.92 Å². The molecule has 0 bridgehead atoms. The molecule has 3 aromatic rings. The summed E-state index contributed by atoms with van der Waals surface area (Å²) in [6.45, 7) is 2.00. The molecular weight excluding hydrogens is 318 g/mol. The van der Waals surface area contributed by atoms with Crippen LogP contribution in [0.15, 0.2) is 47.8 Å². The van der Waals surface area contributed by atoms with Crippen molar-refractivity contribution < 1.29 is 4.79 Å². The Morgan fingerprint density at radius 1 is 1.41 bits per heavy atom. The van der Waals surface area contributed by atoms with Crippen molar-refractivity contribution >= 4 is 45.1 Å². The van der Waals surface area contributed by atoms with E-state index in [9.17, 15) is 4.79 Å². The van der Waals surface area contributed by atoms with Crippen LogP contribution in [-0.4, -0.2) is 17.1 Å². The van der Waals surface area contributed by atoms with Gasteiger partial charge in [0.15, 0.2) is 0 Å². The zero-order chi connectivity index (χ0) is 15.5. The van der Waals surface area contributed by atoms with E-state index in [2.05, 4.69) is 15.5 Å². The Morgan fingerprint density at radius 3 is 3.05 bits per heavy atom. The predicted molar refractivity (Wildman–Crippen MR) is 90.9 cm³/mol. The number of hydrogen-bond acceptors (Lipinski definition) is 4. The molecule has 0 aliphatic heterocycles. The molecule has 0 radical (unpaired) electrons. The van der Waals surface area contributed by atoms with Gasteiger partial charge in [-0.1, -0.05) is 29.8 Å². The molecule has 2 heterocycles. The minimum Gasteiger partial charge on any atom is -0.266 e. The van der Waals surface area contributed by atoms with Gasteiger partial charge in [0.25, 0.3) is 5.91 Å². The van der Waals surface area contributed by atoms with Crippen molar-refractivity contribution in [2.24, 2.45) is 5.10 Å². The molecule has 3 rings (SSSR count). The van der Waals surface area contributed by atoms with Gasteiger partial charge < -0.3 is 0 Å². The number of rotatable bonds is 3. The maximum absolute atomic E-state index is 12.2. The van der Waals surface area contributed by atoms with E-state index in [1.165, 1.54) is 17.6 Å². The highest BCUT2D eigenvalue weighted by Crippen LogP contribution is 2.35. The van der Waals surface area contributed by atoms with Crippen LogP contribution >= 0.6 is 22.9 Å². The van der Waals surface area contributed by atoms with E-state index in [0.717, 1.165) is 21.2 Å². The average molecular weight is 330 g/mol. The van der Waals surface area contributed by atoms with Crippen molar-refractivity contribution in [2.45, 2.75) is 6.92 Å². The highest BCUT2D eigenvalue weighted by molar-refractivity contribution is 7.21. The number of aryl methyl sites for hydroxylation is 1. The van der Waals surface area contributed by atoms with E-state index in [1.54, 1.807) is 18.5 Å². The molecule has 1 amide bonds. The summed E-state index contributed by atoms with van der Waals surface area (Å²) >= 11 is 7.65. The minimum absolute atomic E-state index is 0.316. The van der Waals surface area contributed by atoms with E-state index in [0.29, 0.717) is 9.90 Å². The Bertz CT molecular complexity index is 858. The quantitative estimate of drug-likeness (QED) is 0.583. The molecule has 22 heavy (non-hydrogen) atoms. The fraction of sp³-hybridized carbons (Fsp3) is 0.0625. The van der Waals surface area contributed by atoms with Crippen LogP contribution in [0.1, 0.15) is 20.8 Å². The molecule has 6 heteroatoms. The second-order valence-corrected chi connectivity index (χ2v) is 6.16. The molecule has 0 atom stereocenters. The summed E-state index contributed by atoms with van der Waals surface area (Å²) in [5.41, 5.74) is 4.43. The number of fused-ring (bicyclic) bond motifs is 1. The highest BCUT2D eigenvalue weighted by Gasteiger charge is 2.16. The third-order valence-corrected chi connectivity index (χ3v) is 4.71. The molecule has 2 aromatic heterocycles. The standard InChI is InChI=1S/C16H12ClN3OS/c1-10-4-5-12-13(7-10)22-15(14(12)17)16(21)20-19-9-11-3-2-6-18-8-11/h2-9H,1H3,(H,20,21). The van der Waals surface area contributed by atoms with Crippen molar-refractivity contribution in [1.29, 1.82) is 0 Å². The van der Waals surface area contributed by atoms with Gasteiger partial charge in [-0.2, -0.15) is 5.10 Å². The number of halogens is 1. The van der Waals surface area contributed by atoms with Crippen LogP contribution in [-0.2, 0) is 0 Å². The van der Waals surface area contributed by atoms with Crippen molar-refractivity contribution in [2.75, 3.05) is 0 Å². The molecule has 0 saturated heterocycles. The van der Waals surface area contributed by atoms with Gasteiger partial charge in [-0.05, 0) is 24.6 Å². The number of hydrazone groups is 1.